The molecule has 35 heavy (non-hydrogen) atoms. The zero-order valence-electron chi connectivity index (χ0n) is 19.5. The van der Waals surface area contributed by atoms with Crippen molar-refractivity contribution >= 4 is 17.7 Å². The fraction of sp³-hybridized carbons (Fsp3) is 0.320. The number of rotatable bonds is 6. The molecule has 0 saturated heterocycles. The summed E-state index contributed by atoms with van der Waals surface area (Å²) in [6, 6.07) is 11.5. The number of aromatic nitrogens is 2. The molecule has 184 valence electrons. The summed E-state index contributed by atoms with van der Waals surface area (Å²) in [6.45, 7) is 5.12. The van der Waals surface area contributed by atoms with Crippen molar-refractivity contribution in [1.82, 2.24) is 15.1 Å². The largest absolute Gasteiger partial charge is 0.465 e. The molecule has 10 heteroatoms. The van der Waals surface area contributed by atoms with Crippen LogP contribution in [0.3, 0.4) is 0 Å². The number of carbonyl (C=O) groups excluding carboxylic acids is 2. The van der Waals surface area contributed by atoms with E-state index in [2.05, 4.69) is 10.4 Å². The lowest BCUT2D eigenvalue weighted by atomic mass is 10.1. The van der Waals surface area contributed by atoms with Crippen molar-refractivity contribution in [2.75, 3.05) is 18.6 Å². The van der Waals surface area contributed by atoms with E-state index < -0.39 is 17.7 Å². The van der Waals surface area contributed by atoms with Crippen LogP contribution in [0.15, 0.2) is 48.5 Å². The third-order valence-electron chi connectivity index (χ3n) is 6.04. The third kappa shape index (κ3) is 5.01. The van der Waals surface area contributed by atoms with E-state index >= 15 is 0 Å². The van der Waals surface area contributed by atoms with E-state index in [1.54, 1.807) is 35.9 Å². The summed E-state index contributed by atoms with van der Waals surface area (Å²) in [5.41, 5.74) is 2.25. The number of aryl methyl sites for hydroxylation is 1. The number of alkyl halides is 3. The van der Waals surface area contributed by atoms with Crippen LogP contribution in [0.4, 0.5) is 19.0 Å². The van der Waals surface area contributed by atoms with Gasteiger partial charge in [-0.2, -0.15) is 18.3 Å². The topological polar surface area (TPSA) is 76.5 Å². The van der Waals surface area contributed by atoms with Crippen LogP contribution in [0, 0.1) is 6.92 Å². The Morgan fingerprint density at radius 1 is 1.09 bits per heavy atom. The number of nitrogens with one attached hydrogen (secondary N) is 1. The number of anilines is 1. The smallest absolute Gasteiger partial charge is 0.416 e. The maximum Gasteiger partial charge on any atom is 0.416 e. The van der Waals surface area contributed by atoms with Gasteiger partial charge in [0, 0.05) is 13.1 Å². The highest BCUT2D eigenvalue weighted by Gasteiger charge is 2.32. The van der Waals surface area contributed by atoms with E-state index in [0.717, 1.165) is 17.7 Å². The van der Waals surface area contributed by atoms with Crippen LogP contribution in [0.25, 0.3) is 0 Å². The maximum atomic E-state index is 13.3. The lowest BCUT2D eigenvalue weighted by Crippen LogP contribution is -2.29. The molecule has 4 rings (SSSR count). The van der Waals surface area contributed by atoms with Gasteiger partial charge in [-0.15, -0.1) is 0 Å². The molecule has 1 amide bonds. The van der Waals surface area contributed by atoms with Gasteiger partial charge in [0.2, 0.25) is 0 Å². The van der Waals surface area contributed by atoms with Gasteiger partial charge in [0.25, 0.3) is 5.91 Å². The van der Waals surface area contributed by atoms with Gasteiger partial charge in [0.05, 0.1) is 36.5 Å². The van der Waals surface area contributed by atoms with Gasteiger partial charge >= 0.3 is 12.1 Å². The quantitative estimate of drug-likeness (QED) is 0.519. The average molecular weight is 486 g/mol. The number of amides is 1. The second-order valence-electron chi connectivity index (χ2n) is 8.43. The summed E-state index contributed by atoms with van der Waals surface area (Å²) in [4.78, 5) is 26.8. The van der Waals surface area contributed by atoms with E-state index in [1.807, 2.05) is 11.8 Å². The van der Waals surface area contributed by atoms with Crippen LogP contribution in [-0.2, 0) is 24.0 Å². The second kappa shape index (κ2) is 9.44. The molecule has 0 spiro atoms. The minimum absolute atomic E-state index is 0.299. The molecule has 1 aliphatic heterocycles. The van der Waals surface area contributed by atoms with Crippen molar-refractivity contribution < 1.29 is 27.5 Å². The summed E-state index contributed by atoms with van der Waals surface area (Å²) < 4.78 is 45.1. The number of ether oxygens (including phenoxy) is 1. The summed E-state index contributed by atoms with van der Waals surface area (Å²) in [5.74, 6) is -0.0896. The molecule has 0 bridgehead atoms. The molecular weight excluding hydrogens is 461 g/mol. The number of esters is 1. The van der Waals surface area contributed by atoms with Crippen LogP contribution in [0.5, 0.6) is 0 Å². The van der Waals surface area contributed by atoms with Gasteiger partial charge in [-0.1, -0.05) is 24.3 Å². The van der Waals surface area contributed by atoms with Gasteiger partial charge in [-0.05, 0) is 49.2 Å². The number of halogens is 3. The number of nitrogens with zero attached hydrogens (tertiary/aromatic N) is 3. The summed E-state index contributed by atoms with van der Waals surface area (Å²) in [7, 11) is 1.31. The van der Waals surface area contributed by atoms with Gasteiger partial charge in [-0.25, -0.2) is 9.48 Å². The first-order chi connectivity index (χ1) is 16.6. The van der Waals surface area contributed by atoms with E-state index in [9.17, 15) is 22.8 Å². The van der Waals surface area contributed by atoms with Crippen LogP contribution in [0.1, 0.15) is 56.1 Å². The fourth-order valence-corrected chi connectivity index (χ4v) is 4.19. The van der Waals surface area contributed by atoms with Crippen molar-refractivity contribution in [1.29, 1.82) is 0 Å². The molecule has 0 fully saturated rings. The molecule has 1 atom stereocenters. The Balaban J connectivity index is 1.51. The molecule has 3 aromatic rings. The standard InChI is InChI=1S/C25H25F3N4O3/c1-15(18-6-8-19(9-7-18)24(34)35-3)29-22(33)21-16(2)30-32-13-12-31(23(21)32)14-17-4-10-20(11-5-17)25(26,27)28/h4-11,15H,12-14H2,1-3H3,(H,29,33)/t15-/m0/s1. The molecule has 0 saturated carbocycles. The highest BCUT2D eigenvalue weighted by Crippen LogP contribution is 2.32. The predicted molar refractivity (Wildman–Crippen MR) is 123 cm³/mol. The second-order valence-corrected chi connectivity index (χ2v) is 8.43. The molecule has 1 aliphatic rings. The molecule has 0 aliphatic carbocycles. The van der Waals surface area contributed by atoms with E-state index in [-0.39, 0.29) is 11.9 Å². The van der Waals surface area contributed by atoms with Crippen molar-refractivity contribution in [2.45, 2.75) is 39.2 Å². The molecule has 1 N–H and O–H groups in total. The van der Waals surface area contributed by atoms with Crippen molar-refractivity contribution in [2.24, 2.45) is 0 Å². The number of methoxy groups -OCH3 is 1. The molecule has 7 nitrogen and oxygen atoms in total. The minimum atomic E-state index is -4.39. The lowest BCUT2D eigenvalue weighted by Gasteiger charge is -2.20. The van der Waals surface area contributed by atoms with Crippen LogP contribution in [0.2, 0.25) is 0 Å². The Labute approximate surface area is 200 Å². The SMILES string of the molecule is COC(=O)c1ccc([C@H](C)NC(=O)c2c(C)nn3c2N(Cc2ccc(C(F)(F)F)cc2)CC3)cc1. The highest BCUT2D eigenvalue weighted by atomic mass is 19.4. The Morgan fingerprint density at radius 2 is 1.74 bits per heavy atom. The Hall–Kier alpha value is -3.82. The number of hydrogen-bond acceptors (Lipinski definition) is 5. The minimum Gasteiger partial charge on any atom is -0.465 e. The average Bonchev–Trinajstić information content (AvgIpc) is 3.36. The predicted octanol–water partition coefficient (Wildman–Crippen LogP) is 4.51. The maximum absolute atomic E-state index is 13.3. The number of carbonyl (C=O) groups is 2. The monoisotopic (exact) mass is 486 g/mol. The Morgan fingerprint density at radius 3 is 2.34 bits per heavy atom. The van der Waals surface area contributed by atoms with E-state index in [1.165, 1.54) is 19.2 Å². The first-order valence-corrected chi connectivity index (χ1v) is 11.1. The first kappa shape index (κ1) is 24.3. The molecular formula is C25H25F3N4O3. The van der Waals surface area contributed by atoms with Gasteiger partial charge in [0.1, 0.15) is 11.4 Å². The summed E-state index contributed by atoms with van der Waals surface area (Å²) in [5, 5.41) is 7.47. The normalized spacial score (nSPS) is 13.9. The van der Waals surface area contributed by atoms with Crippen molar-refractivity contribution in [3.63, 3.8) is 0 Å². The highest BCUT2D eigenvalue weighted by molar-refractivity contribution is 6.00. The van der Waals surface area contributed by atoms with E-state index in [0.29, 0.717) is 47.8 Å². The zero-order chi connectivity index (χ0) is 25.3. The molecule has 1 aromatic heterocycles. The van der Waals surface area contributed by atoms with Crippen molar-refractivity contribution in [3.8, 4) is 0 Å². The van der Waals surface area contributed by atoms with Crippen LogP contribution < -0.4 is 10.2 Å². The molecule has 0 radical (unpaired) electrons. The number of hydrogen-bond donors (Lipinski definition) is 1. The lowest BCUT2D eigenvalue weighted by molar-refractivity contribution is -0.137. The summed E-state index contributed by atoms with van der Waals surface area (Å²) in [6.07, 6.45) is -4.39. The van der Waals surface area contributed by atoms with Gasteiger partial charge in [-0.3, -0.25) is 4.79 Å². The number of benzene rings is 2. The third-order valence-corrected chi connectivity index (χ3v) is 6.04. The number of fused-ring (bicyclic) bond motifs is 1. The van der Waals surface area contributed by atoms with Crippen LogP contribution >= 0.6 is 0 Å². The van der Waals surface area contributed by atoms with Crippen molar-refractivity contribution in [3.05, 3.63) is 82.0 Å². The van der Waals surface area contributed by atoms with Gasteiger partial charge < -0.3 is 15.0 Å². The Bertz CT molecular complexity index is 1230. The first-order valence-electron chi connectivity index (χ1n) is 11.1. The molecule has 2 aromatic carbocycles. The molecule has 2 heterocycles. The molecule has 0 unspecified atom stereocenters. The zero-order valence-corrected chi connectivity index (χ0v) is 19.5. The van der Waals surface area contributed by atoms with Crippen LogP contribution in [-0.4, -0.2) is 35.3 Å². The van der Waals surface area contributed by atoms with E-state index in [4.69, 9.17) is 4.74 Å². The van der Waals surface area contributed by atoms with Gasteiger partial charge in [0.15, 0.2) is 0 Å². The fourth-order valence-electron chi connectivity index (χ4n) is 4.19. The Kier molecular flexibility index (Phi) is 6.56. The summed E-state index contributed by atoms with van der Waals surface area (Å²) >= 11 is 0.